The maximum Gasteiger partial charge on any atom is 0.0819 e. The summed E-state index contributed by atoms with van der Waals surface area (Å²) in [7, 11) is 0. The van der Waals surface area contributed by atoms with Gasteiger partial charge in [-0.25, -0.2) is 0 Å². The number of allylic oxidation sites excluding steroid dienone is 1. The van der Waals surface area contributed by atoms with Gasteiger partial charge >= 0.3 is 0 Å². The smallest absolute Gasteiger partial charge is 0.0819 e. The van der Waals surface area contributed by atoms with Gasteiger partial charge in [0, 0.05) is 30.0 Å². The van der Waals surface area contributed by atoms with Crippen LogP contribution in [-0.4, -0.2) is 17.2 Å². The zero-order chi connectivity index (χ0) is 11.9. The second-order valence-electron chi connectivity index (χ2n) is 3.95. The molecule has 0 aliphatic carbocycles. The molecular formula is C15H16N2. The molecule has 2 nitrogen and oxygen atoms in total. The lowest BCUT2D eigenvalue weighted by Gasteiger charge is -2.00. The molecule has 0 unspecified atom stereocenters. The largest absolute Gasteiger partial charge is 0.279 e. The molecule has 0 aromatic carbocycles. The van der Waals surface area contributed by atoms with Crippen LogP contribution in [0.2, 0.25) is 0 Å². The van der Waals surface area contributed by atoms with Gasteiger partial charge in [0.2, 0.25) is 0 Å². The number of hydrogen-bond donors (Lipinski definition) is 0. The topological polar surface area (TPSA) is 25.2 Å². The molecule has 2 heteroatoms. The van der Waals surface area contributed by atoms with E-state index in [1.807, 2.05) is 18.3 Å². The van der Waals surface area contributed by atoms with Gasteiger partial charge in [-0.2, -0.15) is 0 Å². The molecule has 0 bridgehead atoms. The number of hydrogen-bond acceptors (Lipinski definition) is 2. The summed E-state index contributed by atoms with van der Waals surface area (Å²) in [5.41, 5.74) is 3.09. The Morgan fingerprint density at radius 3 is 3.12 bits per heavy atom. The van der Waals surface area contributed by atoms with Crippen LogP contribution in [0.15, 0.2) is 41.2 Å². The maximum atomic E-state index is 4.47. The number of rotatable bonds is 3. The summed E-state index contributed by atoms with van der Waals surface area (Å²) in [6, 6.07) is 3.96. The van der Waals surface area contributed by atoms with Gasteiger partial charge in [-0.05, 0) is 24.6 Å². The highest BCUT2D eigenvalue weighted by atomic mass is 14.8. The maximum absolute atomic E-state index is 4.47. The van der Waals surface area contributed by atoms with Crippen molar-refractivity contribution in [3.05, 3.63) is 41.7 Å². The van der Waals surface area contributed by atoms with Crippen molar-refractivity contribution in [3.63, 3.8) is 0 Å². The van der Waals surface area contributed by atoms with E-state index < -0.39 is 0 Å². The fourth-order valence-electron chi connectivity index (χ4n) is 1.69. The van der Waals surface area contributed by atoms with Crippen molar-refractivity contribution in [1.29, 1.82) is 0 Å². The predicted molar refractivity (Wildman–Crippen MR) is 71.0 cm³/mol. The number of aromatic nitrogens is 1. The standard InChI is InChI=1S/C15H16N2/c1-2-3-4-5-7-13-9-11-17-15(13)14-8-6-10-16-12-14/h6,8-10,12H,2-4,11H2,1H3. The second-order valence-corrected chi connectivity index (χ2v) is 3.95. The molecule has 0 N–H and O–H groups in total. The minimum absolute atomic E-state index is 0.738. The summed E-state index contributed by atoms with van der Waals surface area (Å²) < 4.78 is 0. The Kier molecular flexibility index (Phi) is 4.10. The van der Waals surface area contributed by atoms with Crippen molar-refractivity contribution in [2.45, 2.75) is 26.2 Å². The van der Waals surface area contributed by atoms with Gasteiger partial charge in [-0.1, -0.05) is 25.2 Å². The summed E-state index contributed by atoms with van der Waals surface area (Å²) in [5.74, 6) is 6.43. The third-order valence-corrected chi connectivity index (χ3v) is 2.61. The first kappa shape index (κ1) is 11.6. The molecule has 86 valence electrons. The quantitative estimate of drug-likeness (QED) is 0.572. The van der Waals surface area contributed by atoms with Crippen LogP contribution in [0.5, 0.6) is 0 Å². The Labute approximate surface area is 102 Å². The van der Waals surface area contributed by atoms with E-state index in [-0.39, 0.29) is 0 Å². The van der Waals surface area contributed by atoms with Gasteiger partial charge in [0.25, 0.3) is 0 Å². The molecule has 0 radical (unpaired) electrons. The summed E-state index contributed by atoms with van der Waals surface area (Å²) in [5, 5.41) is 0. The van der Waals surface area contributed by atoms with E-state index in [1.165, 1.54) is 12.8 Å². The average Bonchev–Trinajstić information content (AvgIpc) is 2.84. The van der Waals surface area contributed by atoms with E-state index in [0.717, 1.165) is 29.8 Å². The van der Waals surface area contributed by atoms with Crippen LogP contribution < -0.4 is 0 Å². The Bertz CT molecular complexity index is 487. The van der Waals surface area contributed by atoms with Crippen molar-refractivity contribution in [2.24, 2.45) is 4.99 Å². The molecule has 0 atom stereocenters. The van der Waals surface area contributed by atoms with Crippen molar-refractivity contribution >= 4 is 5.71 Å². The van der Waals surface area contributed by atoms with Crippen LogP contribution in [0.3, 0.4) is 0 Å². The summed E-state index contributed by atoms with van der Waals surface area (Å²) in [6.45, 7) is 2.92. The van der Waals surface area contributed by atoms with E-state index in [9.17, 15) is 0 Å². The minimum atomic E-state index is 0.738. The van der Waals surface area contributed by atoms with Crippen LogP contribution in [0.25, 0.3) is 0 Å². The van der Waals surface area contributed by atoms with Gasteiger partial charge in [0.05, 0.1) is 12.3 Å². The molecule has 1 aliphatic heterocycles. The van der Waals surface area contributed by atoms with Gasteiger partial charge in [0.1, 0.15) is 0 Å². The van der Waals surface area contributed by atoms with E-state index in [4.69, 9.17) is 0 Å². The minimum Gasteiger partial charge on any atom is -0.279 e. The fourth-order valence-corrected chi connectivity index (χ4v) is 1.69. The highest BCUT2D eigenvalue weighted by Crippen LogP contribution is 2.13. The molecule has 1 aromatic rings. The normalized spacial score (nSPS) is 13.7. The number of nitrogens with zero attached hydrogens (tertiary/aromatic N) is 2. The van der Waals surface area contributed by atoms with Crippen LogP contribution in [-0.2, 0) is 0 Å². The predicted octanol–water partition coefficient (Wildman–Crippen LogP) is 3.00. The molecule has 0 amide bonds. The first-order valence-electron chi connectivity index (χ1n) is 6.06. The van der Waals surface area contributed by atoms with Crippen LogP contribution in [0.1, 0.15) is 31.7 Å². The lowest BCUT2D eigenvalue weighted by Crippen LogP contribution is -2.00. The highest BCUT2D eigenvalue weighted by molar-refractivity contribution is 6.16. The van der Waals surface area contributed by atoms with Crippen molar-refractivity contribution in [1.82, 2.24) is 4.98 Å². The third kappa shape index (κ3) is 3.04. The molecule has 2 heterocycles. The van der Waals surface area contributed by atoms with Crippen LogP contribution >= 0.6 is 0 Å². The van der Waals surface area contributed by atoms with E-state index in [1.54, 1.807) is 6.20 Å². The molecule has 0 fully saturated rings. The van der Waals surface area contributed by atoms with Crippen molar-refractivity contribution in [3.8, 4) is 11.8 Å². The van der Waals surface area contributed by atoms with Gasteiger partial charge in [-0.15, -0.1) is 0 Å². The van der Waals surface area contributed by atoms with E-state index in [2.05, 4.69) is 34.8 Å². The van der Waals surface area contributed by atoms with Crippen LogP contribution in [0.4, 0.5) is 0 Å². The highest BCUT2D eigenvalue weighted by Gasteiger charge is 2.11. The summed E-state index contributed by atoms with van der Waals surface area (Å²) in [6.07, 6.45) is 9.02. The zero-order valence-electron chi connectivity index (χ0n) is 10.1. The first-order valence-corrected chi connectivity index (χ1v) is 6.06. The average molecular weight is 224 g/mol. The fraction of sp³-hybridized carbons (Fsp3) is 0.333. The lowest BCUT2D eigenvalue weighted by molar-refractivity contribution is 0.828. The summed E-state index contributed by atoms with van der Waals surface area (Å²) >= 11 is 0. The number of aliphatic imine (C=N–C) groups is 1. The van der Waals surface area contributed by atoms with Crippen molar-refractivity contribution in [2.75, 3.05) is 6.54 Å². The van der Waals surface area contributed by atoms with Gasteiger partial charge in [0.15, 0.2) is 0 Å². The van der Waals surface area contributed by atoms with Crippen molar-refractivity contribution < 1.29 is 0 Å². The molecule has 1 aliphatic rings. The number of unbranched alkanes of at least 4 members (excludes halogenated alkanes) is 2. The first-order chi connectivity index (χ1) is 8.42. The molecule has 0 saturated carbocycles. The molecule has 0 saturated heterocycles. The van der Waals surface area contributed by atoms with Gasteiger partial charge < -0.3 is 0 Å². The van der Waals surface area contributed by atoms with E-state index in [0.29, 0.717) is 0 Å². The molecule has 0 spiro atoms. The Morgan fingerprint density at radius 2 is 2.35 bits per heavy atom. The molecule has 17 heavy (non-hydrogen) atoms. The monoisotopic (exact) mass is 224 g/mol. The molecule has 1 aromatic heterocycles. The second kappa shape index (κ2) is 6.00. The molecule has 2 rings (SSSR count). The van der Waals surface area contributed by atoms with Gasteiger partial charge in [-0.3, -0.25) is 9.98 Å². The van der Waals surface area contributed by atoms with Crippen LogP contribution in [0, 0.1) is 11.8 Å². The zero-order valence-corrected chi connectivity index (χ0v) is 10.1. The Balaban J connectivity index is 2.09. The Hall–Kier alpha value is -1.88. The third-order valence-electron chi connectivity index (χ3n) is 2.61. The van der Waals surface area contributed by atoms with E-state index >= 15 is 0 Å². The number of pyridine rings is 1. The summed E-state index contributed by atoms with van der Waals surface area (Å²) in [4.78, 5) is 8.59. The SMILES string of the molecule is CCCCC#CC1=CCN=C1c1cccnc1. The Morgan fingerprint density at radius 1 is 1.41 bits per heavy atom. The molecular weight excluding hydrogens is 208 g/mol. The lowest BCUT2D eigenvalue weighted by atomic mass is 10.1.